The zero-order chi connectivity index (χ0) is 11.5. The molecule has 92 valence electrons. The van der Waals surface area contributed by atoms with E-state index in [-0.39, 0.29) is 18.3 Å². The van der Waals surface area contributed by atoms with Crippen molar-refractivity contribution in [3.05, 3.63) is 11.9 Å². The first-order chi connectivity index (χ1) is 6.90. The lowest BCUT2D eigenvalue weighted by atomic mass is 10.5. The van der Waals surface area contributed by atoms with Gasteiger partial charge in [0, 0.05) is 13.1 Å². The van der Waals surface area contributed by atoms with Gasteiger partial charge < -0.3 is 10.1 Å². The highest BCUT2D eigenvalue weighted by Gasteiger charge is 2.28. The van der Waals surface area contributed by atoms with Gasteiger partial charge in [0.15, 0.2) is 6.61 Å². The Balaban J connectivity index is 0.00000225. The molecule has 0 aliphatic heterocycles. The molecule has 1 aromatic rings. The Morgan fingerprint density at radius 1 is 1.38 bits per heavy atom. The first-order valence-electron chi connectivity index (χ1n) is 4.14. The van der Waals surface area contributed by atoms with Crippen molar-refractivity contribution in [3.63, 3.8) is 0 Å². The highest BCUT2D eigenvalue weighted by atomic mass is 35.5. The van der Waals surface area contributed by atoms with E-state index in [1.165, 1.54) is 6.07 Å². The second-order valence-corrected chi connectivity index (χ2v) is 2.79. The Morgan fingerprint density at radius 3 is 2.50 bits per heavy atom. The normalized spacial score (nSPS) is 10.6. The molecule has 0 radical (unpaired) electrons. The largest absolute Gasteiger partial charge is 0.468 e. The summed E-state index contributed by atoms with van der Waals surface area (Å²) in [7, 11) is 1.61. The fourth-order valence-corrected chi connectivity index (χ4v) is 0.898. The van der Waals surface area contributed by atoms with Gasteiger partial charge in [-0.3, -0.25) is 0 Å². The summed E-state index contributed by atoms with van der Waals surface area (Å²) in [5, 5.41) is 2.69. The molecule has 8 heteroatoms. The van der Waals surface area contributed by atoms with Crippen molar-refractivity contribution >= 4 is 18.2 Å². The van der Waals surface area contributed by atoms with Crippen molar-refractivity contribution in [3.8, 4) is 5.88 Å². The molecule has 4 nitrogen and oxygen atoms in total. The minimum atomic E-state index is -4.36. The van der Waals surface area contributed by atoms with Crippen LogP contribution in [0.4, 0.5) is 19.0 Å². The van der Waals surface area contributed by atoms with Crippen LogP contribution < -0.4 is 10.1 Å². The Hall–Kier alpha value is -1.24. The van der Waals surface area contributed by atoms with Gasteiger partial charge in [-0.25, -0.2) is 4.98 Å². The third-order valence-corrected chi connectivity index (χ3v) is 1.45. The summed E-state index contributed by atoms with van der Waals surface area (Å²) in [4.78, 5) is 7.62. The molecular formula is C8H11ClF3N3O. The summed E-state index contributed by atoms with van der Waals surface area (Å²) in [5.41, 5.74) is 0. The topological polar surface area (TPSA) is 47.0 Å². The Bertz CT molecular complexity index is 346. The van der Waals surface area contributed by atoms with Crippen molar-refractivity contribution in [1.29, 1.82) is 0 Å². The lowest BCUT2D eigenvalue weighted by Gasteiger charge is -2.09. The summed E-state index contributed by atoms with van der Waals surface area (Å²) < 4.78 is 40.0. The van der Waals surface area contributed by atoms with E-state index in [0.29, 0.717) is 11.6 Å². The van der Waals surface area contributed by atoms with Crippen LogP contribution in [0.3, 0.4) is 0 Å². The summed E-state index contributed by atoms with van der Waals surface area (Å²) in [5.74, 6) is 0.669. The zero-order valence-electron chi connectivity index (χ0n) is 8.63. The van der Waals surface area contributed by atoms with E-state index in [1.54, 1.807) is 14.0 Å². The van der Waals surface area contributed by atoms with Crippen LogP contribution in [0.15, 0.2) is 6.07 Å². The number of anilines is 1. The van der Waals surface area contributed by atoms with Crippen molar-refractivity contribution in [1.82, 2.24) is 9.97 Å². The molecule has 0 aliphatic rings. The highest BCUT2D eigenvalue weighted by Crippen LogP contribution is 2.18. The number of halogens is 4. The van der Waals surface area contributed by atoms with E-state index in [1.807, 2.05) is 0 Å². The maximum atomic E-state index is 11.8. The Morgan fingerprint density at radius 2 is 2.00 bits per heavy atom. The highest BCUT2D eigenvalue weighted by molar-refractivity contribution is 5.85. The number of nitrogens with one attached hydrogen (secondary N) is 1. The fraction of sp³-hybridized carbons (Fsp3) is 0.500. The SMILES string of the molecule is CNc1cc(OCC(F)(F)F)nc(C)n1.Cl. The van der Waals surface area contributed by atoms with Crippen LogP contribution >= 0.6 is 12.4 Å². The first kappa shape index (κ1) is 14.8. The lowest BCUT2D eigenvalue weighted by Crippen LogP contribution is -2.20. The molecule has 0 unspecified atom stereocenters. The molecule has 1 N–H and O–H groups in total. The summed E-state index contributed by atoms with van der Waals surface area (Å²) in [6.07, 6.45) is -4.36. The van der Waals surface area contributed by atoms with Gasteiger partial charge in [-0.1, -0.05) is 0 Å². The zero-order valence-corrected chi connectivity index (χ0v) is 9.45. The van der Waals surface area contributed by atoms with E-state index < -0.39 is 12.8 Å². The number of aromatic nitrogens is 2. The number of alkyl halides is 3. The van der Waals surface area contributed by atoms with Crippen LogP contribution in [0.5, 0.6) is 5.88 Å². The molecule has 1 heterocycles. The van der Waals surface area contributed by atoms with E-state index in [9.17, 15) is 13.2 Å². The number of ether oxygens (including phenoxy) is 1. The maximum Gasteiger partial charge on any atom is 0.422 e. The smallest absolute Gasteiger partial charge is 0.422 e. The number of hydrogen-bond acceptors (Lipinski definition) is 4. The molecule has 0 saturated heterocycles. The molecule has 1 rings (SSSR count). The number of hydrogen-bond donors (Lipinski definition) is 1. The van der Waals surface area contributed by atoms with Crippen LogP contribution in [0.2, 0.25) is 0 Å². The molecule has 0 bridgehead atoms. The Labute approximate surface area is 96.6 Å². The van der Waals surface area contributed by atoms with Gasteiger partial charge >= 0.3 is 6.18 Å². The van der Waals surface area contributed by atoms with Crippen LogP contribution in [0.1, 0.15) is 5.82 Å². The Kier molecular flexibility index (Phi) is 5.29. The number of aryl methyl sites for hydroxylation is 1. The van der Waals surface area contributed by atoms with Gasteiger partial charge in [-0.2, -0.15) is 18.2 Å². The molecule has 0 fully saturated rings. The standard InChI is InChI=1S/C8H10F3N3O.ClH/c1-5-13-6(12-2)3-7(14-5)15-4-8(9,10)11;/h3H,4H2,1-2H3,(H,12,13,14);1H. The molecular weight excluding hydrogens is 247 g/mol. The molecule has 1 aromatic heterocycles. The monoisotopic (exact) mass is 257 g/mol. The van der Waals surface area contributed by atoms with Crippen molar-refractivity contribution in [2.45, 2.75) is 13.1 Å². The van der Waals surface area contributed by atoms with E-state index in [4.69, 9.17) is 0 Å². The second-order valence-electron chi connectivity index (χ2n) is 2.79. The lowest BCUT2D eigenvalue weighted by molar-refractivity contribution is -0.154. The molecule has 0 spiro atoms. The van der Waals surface area contributed by atoms with Gasteiger partial charge in [0.05, 0.1) is 0 Å². The summed E-state index contributed by atoms with van der Waals surface area (Å²) in [6.45, 7) is 0.216. The predicted molar refractivity (Wildman–Crippen MR) is 55.1 cm³/mol. The van der Waals surface area contributed by atoms with Crippen molar-refractivity contribution < 1.29 is 17.9 Å². The molecule has 0 aromatic carbocycles. The van der Waals surface area contributed by atoms with Crippen LogP contribution in [-0.4, -0.2) is 29.8 Å². The third kappa shape index (κ3) is 5.01. The van der Waals surface area contributed by atoms with E-state index in [2.05, 4.69) is 20.0 Å². The van der Waals surface area contributed by atoms with Crippen LogP contribution in [0, 0.1) is 6.92 Å². The second kappa shape index (κ2) is 5.74. The van der Waals surface area contributed by atoms with Gasteiger partial charge in [-0.05, 0) is 6.92 Å². The molecule has 16 heavy (non-hydrogen) atoms. The van der Waals surface area contributed by atoms with Crippen molar-refractivity contribution in [2.24, 2.45) is 0 Å². The van der Waals surface area contributed by atoms with E-state index in [0.717, 1.165) is 0 Å². The van der Waals surface area contributed by atoms with Gasteiger partial charge in [-0.15, -0.1) is 12.4 Å². The predicted octanol–water partition coefficient (Wildman–Crippen LogP) is 2.19. The van der Waals surface area contributed by atoms with Crippen LogP contribution in [0.25, 0.3) is 0 Å². The molecule has 0 aliphatic carbocycles. The molecule has 0 atom stereocenters. The van der Waals surface area contributed by atoms with Gasteiger partial charge in [0.2, 0.25) is 5.88 Å². The summed E-state index contributed by atoms with van der Waals surface area (Å²) >= 11 is 0. The average Bonchev–Trinajstić information content (AvgIpc) is 2.13. The average molecular weight is 258 g/mol. The number of nitrogens with zero attached hydrogens (tertiary/aromatic N) is 2. The minimum absolute atomic E-state index is 0. The first-order valence-corrected chi connectivity index (χ1v) is 4.14. The van der Waals surface area contributed by atoms with Crippen LogP contribution in [-0.2, 0) is 0 Å². The quantitative estimate of drug-likeness (QED) is 0.902. The minimum Gasteiger partial charge on any atom is -0.468 e. The van der Waals surface area contributed by atoms with E-state index >= 15 is 0 Å². The number of rotatable bonds is 3. The van der Waals surface area contributed by atoms with Crippen molar-refractivity contribution in [2.75, 3.05) is 19.0 Å². The molecule has 0 amide bonds. The fourth-order valence-electron chi connectivity index (χ4n) is 0.898. The maximum absolute atomic E-state index is 11.8. The van der Waals surface area contributed by atoms with Gasteiger partial charge in [0.1, 0.15) is 11.6 Å². The summed E-state index contributed by atoms with van der Waals surface area (Å²) in [6, 6.07) is 1.30. The third-order valence-electron chi connectivity index (χ3n) is 1.45. The van der Waals surface area contributed by atoms with Gasteiger partial charge in [0.25, 0.3) is 0 Å². The molecule has 0 saturated carbocycles.